The molecule has 0 aromatic heterocycles. The first-order valence-electron chi connectivity index (χ1n) is 10.1. The molecule has 0 bridgehead atoms. The molecule has 3 aliphatic rings. The van der Waals surface area contributed by atoms with Gasteiger partial charge in [-0.25, -0.2) is 4.79 Å². The molecule has 3 fully saturated rings. The number of methoxy groups -OCH3 is 1. The molecule has 2 saturated heterocycles. The minimum atomic E-state index is -0.108. The van der Waals surface area contributed by atoms with E-state index < -0.39 is 0 Å². The summed E-state index contributed by atoms with van der Waals surface area (Å²) in [6.07, 6.45) is 6.70. The predicted molar refractivity (Wildman–Crippen MR) is 103 cm³/mol. The first-order valence-corrected chi connectivity index (χ1v) is 10.1. The second-order valence-electron chi connectivity index (χ2n) is 8.07. The van der Waals surface area contributed by atoms with Gasteiger partial charge < -0.3 is 24.4 Å². The molecule has 2 heterocycles. The van der Waals surface area contributed by atoms with E-state index in [0.29, 0.717) is 6.10 Å². The number of benzene rings is 1. The number of rotatable bonds is 5. The maximum atomic E-state index is 12.6. The van der Waals surface area contributed by atoms with E-state index in [2.05, 4.69) is 5.32 Å². The number of nitrogens with zero attached hydrogens (tertiary/aromatic N) is 1. The number of piperidine rings is 1. The first kappa shape index (κ1) is 18.6. The van der Waals surface area contributed by atoms with Gasteiger partial charge in [-0.1, -0.05) is 0 Å². The van der Waals surface area contributed by atoms with Crippen molar-refractivity contribution in [3.63, 3.8) is 0 Å². The normalized spacial score (nSPS) is 24.6. The van der Waals surface area contributed by atoms with Crippen LogP contribution in [0.3, 0.4) is 0 Å². The highest BCUT2D eigenvalue weighted by Gasteiger charge is 2.41. The second kappa shape index (κ2) is 8.07. The molecule has 2 aliphatic heterocycles. The molecule has 6 nitrogen and oxygen atoms in total. The Morgan fingerprint density at radius 2 is 1.96 bits per heavy atom. The lowest BCUT2D eigenvalue weighted by atomic mass is 9.83. The molecule has 6 heteroatoms. The van der Waals surface area contributed by atoms with Crippen molar-refractivity contribution in [2.45, 2.75) is 50.2 Å². The number of carbonyl (C=O) groups excluding carboxylic acids is 1. The van der Waals surface area contributed by atoms with Crippen LogP contribution in [0.15, 0.2) is 24.3 Å². The summed E-state index contributed by atoms with van der Waals surface area (Å²) in [6.45, 7) is 3.12. The number of urea groups is 1. The highest BCUT2D eigenvalue weighted by molar-refractivity contribution is 5.89. The van der Waals surface area contributed by atoms with E-state index in [4.69, 9.17) is 14.2 Å². The van der Waals surface area contributed by atoms with Crippen molar-refractivity contribution in [3.05, 3.63) is 24.3 Å². The van der Waals surface area contributed by atoms with E-state index in [0.717, 1.165) is 69.3 Å². The lowest BCUT2D eigenvalue weighted by molar-refractivity contribution is -0.152. The van der Waals surface area contributed by atoms with Gasteiger partial charge in [0, 0.05) is 38.4 Å². The molecule has 27 heavy (non-hydrogen) atoms. The number of anilines is 1. The highest BCUT2D eigenvalue weighted by Crippen LogP contribution is 2.37. The lowest BCUT2D eigenvalue weighted by Gasteiger charge is -2.46. The van der Waals surface area contributed by atoms with Crippen molar-refractivity contribution < 1.29 is 19.0 Å². The van der Waals surface area contributed by atoms with E-state index in [9.17, 15) is 4.79 Å². The fourth-order valence-corrected chi connectivity index (χ4v) is 4.02. The Morgan fingerprint density at radius 3 is 2.63 bits per heavy atom. The monoisotopic (exact) mass is 374 g/mol. The Bertz CT molecular complexity index is 636. The van der Waals surface area contributed by atoms with Gasteiger partial charge in [0.2, 0.25) is 0 Å². The van der Waals surface area contributed by atoms with Crippen LogP contribution < -0.4 is 10.1 Å². The zero-order valence-corrected chi connectivity index (χ0v) is 16.1. The predicted octanol–water partition coefficient (Wildman–Crippen LogP) is 3.67. The molecular formula is C21H30N2O4. The van der Waals surface area contributed by atoms with Crippen molar-refractivity contribution in [1.29, 1.82) is 0 Å². The topological polar surface area (TPSA) is 60.0 Å². The second-order valence-corrected chi connectivity index (χ2v) is 8.07. The number of hydrogen-bond acceptors (Lipinski definition) is 4. The molecule has 4 rings (SSSR count). The van der Waals surface area contributed by atoms with E-state index in [-0.39, 0.29) is 11.6 Å². The zero-order chi connectivity index (χ0) is 18.7. The van der Waals surface area contributed by atoms with Gasteiger partial charge in [-0.3, -0.25) is 0 Å². The van der Waals surface area contributed by atoms with Gasteiger partial charge in [0.15, 0.2) is 0 Å². The van der Waals surface area contributed by atoms with Crippen molar-refractivity contribution in [2.24, 2.45) is 5.92 Å². The van der Waals surface area contributed by atoms with Crippen LogP contribution in [-0.2, 0) is 9.47 Å². The third-order valence-corrected chi connectivity index (χ3v) is 6.02. The van der Waals surface area contributed by atoms with Crippen LogP contribution in [0, 0.1) is 5.92 Å². The number of ether oxygens (including phenoxy) is 3. The Labute approximate surface area is 161 Å². The van der Waals surface area contributed by atoms with E-state index >= 15 is 0 Å². The SMILES string of the molecule is COc1ccc(NC(=O)N2CCC3(CC2)CC(OCC2CC2)CCO3)cc1. The van der Waals surface area contributed by atoms with Gasteiger partial charge in [-0.2, -0.15) is 0 Å². The van der Waals surface area contributed by atoms with Gasteiger partial charge in [-0.15, -0.1) is 0 Å². The third-order valence-electron chi connectivity index (χ3n) is 6.02. The molecule has 1 atom stereocenters. The summed E-state index contributed by atoms with van der Waals surface area (Å²) in [5.74, 6) is 1.58. The van der Waals surface area contributed by atoms with Crippen LogP contribution in [0.25, 0.3) is 0 Å². The van der Waals surface area contributed by atoms with Crippen LogP contribution in [0.1, 0.15) is 38.5 Å². The Morgan fingerprint density at radius 1 is 1.22 bits per heavy atom. The molecule has 0 radical (unpaired) electrons. The summed E-state index contributed by atoms with van der Waals surface area (Å²) in [5.41, 5.74) is 0.673. The molecule has 1 N–H and O–H groups in total. The Kier molecular flexibility index (Phi) is 5.55. The average molecular weight is 374 g/mol. The van der Waals surface area contributed by atoms with Gasteiger partial charge in [-0.05, 0) is 62.3 Å². The molecule has 2 amide bonds. The number of amides is 2. The van der Waals surface area contributed by atoms with Crippen molar-refractivity contribution >= 4 is 11.7 Å². The Hall–Kier alpha value is -1.79. The summed E-state index contributed by atoms with van der Waals surface area (Å²) in [5, 5.41) is 2.97. The molecule has 1 aromatic carbocycles. The number of nitrogens with one attached hydrogen (secondary N) is 1. The maximum Gasteiger partial charge on any atom is 0.321 e. The van der Waals surface area contributed by atoms with Crippen LogP contribution in [0.2, 0.25) is 0 Å². The van der Waals surface area contributed by atoms with Crippen molar-refractivity contribution in [2.75, 3.05) is 38.7 Å². The third kappa shape index (κ3) is 4.74. The summed E-state index contributed by atoms with van der Waals surface area (Å²) in [6, 6.07) is 7.35. The summed E-state index contributed by atoms with van der Waals surface area (Å²) in [4.78, 5) is 14.4. The molecular weight excluding hydrogens is 344 g/mol. The smallest absolute Gasteiger partial charge is 0.321 e. The summed E-state index contributed by atoms with van der Waals surface area (Å²) in [7, 11) is 1.63. The number of likely N-dealkylation sites (tertiary alicyclic amines) is 1. The van der Waals surface area contributed by atoms with Crippen LogP contribution in [-0.4, -0.2) is 56.0 Å². The number of carbonyl (C=O) groups is 1. The van der Waals surface area contributed by atoms with E-state index in [1.807, 2.05) is 29.2 Å². The fraction of sp³-hybridized carbons (Fsp3) is 0.667. The standard InChI is InChI=1S/C21H30N2O4/c1-25-18-6-4-17(5-7-18)22-20(24)23-11-9-21(10-12-23)14-19(8-13-27-21)26-15-16-2-3-16/h4-7,16,19H,2-3,8-15H2,1H3,(H,22,24). The Balaban J connectivity index is 1.26. The lowest BCUT2D eigenvalue weighted by Crippen LogP contribution is -2.52. The average Bonchev–Trinajstić information content (AvgIpc) is 3.52. The fourth-order valence-electron chi connectivity index (χ4n) is 4.02. The molecule has 1 spiro atoms. The number of hydrogen-bond donors (Lipinski definition) is 1. The molecule has 1 aromatic rings. The highest BCUT2D eigenvalue weighted by atomic mass is 16.5. The molecule has 1 saturated carbocycles. The van der Waals surface area contributed by atoms with Gasteiger partial charge in [0.05, 0.1) is 18.8 Å². The zero-order valence-electron chi connectivity index (χ0n) is 16.1. The van der Waals surface area contributed by atoms with Crippen molar-refractivity contribution in [1.82, 2.24) is 4.90 Å². The molecule has 1 unspecified atom stereocenters. The summed E-state index contributed by atoms with van der Waals surface area (Å²) >= 11 is 0. The van der Waals surface area contributed by atoms with Crippen LogP contribution >= 0.6 is 0 Å². The summed E-state index contributed by atoms with van der Waals surface area (Å²) < 4.78 is 17.5. The quantitative estimate of drug-likeness (QED) is 0.854. The van der Waals surface area contributed by atoms with Crippen molar-refractivity contribution in [3.8, 4) is 5.75 Å². The minimum absolute atomic E-state index is 0.0487. The van der Waals surface area contributed by atoms with Gasteiger partial charge >= 0.3 is 6.03 Å². The maximum absolute atomic E-state index is 12.6. The first-order chi connectivity index (χ1) is 13.2. The van der Waals surface area contributed by atoms with Gasteiger partial charge in [0.1, 0.15) is 5.75 Å². The van der Waals surface area contributed by atoms with E-state index in [1.54, 1.807) is 7.11 Å². The van der Waals surface area contributed by atoms with E-state index in [1.165, 1.54) is 12.8 Å². The van der Waals surface area contributed by atoms with Crippen LogP contribution in [0.4, 0.5) is 10.5 Å². The largest absolute Gasteiger partial charge is 0.497 e. The molecule has 148 valence electrons. The van der Waals surface area contributed by atoms with Crippen LogP contribution in [0.5, 0.6) is 5.75 Å². The molecule has 1 aliphatic carbocycles. The minimum Gasteiger partial charge on any atom is -0.497 e. The van der Waals surface area contributed by atoms with Gasteiger partial charge in [0.25, 0.3) is 0 Å².